The number of carbonyl (C=O) groups excluding carboxylic acids is 2. The lowest BCUT2D eigenvalue weighted by molar-refractivity contribution is -0.862. The number of amides is 2. The van der Waals surface area contributed by atoms with Crippen LogP contribution in [0.15, 0.2) is 49.1 Å². The van der Waals surface area contributed by atoms with Crippen molar-refractivity contribution in [3.63, 3.8) is 0 Å². The van der Waals surface area contributed by atoms with Gasteiger partial charge in [0.1, 0.15) is 0 Å². The van der Waals surface area contributed by atoms with E-state index in [1.54, 1.807) is 11.0 Å². The Labute approximate surface area is 169 Å². The molecule has 5 nitrogen and oxygen atoms in total. The molecule has 27 heavy (non-hydrogen) atoms. The summed E-state index contributed by atoms with van der Waals surface area (Å²) in [5, 5.41) is 2.86. The first-order valence-electron chi connectivity index (χ1n) is 8.68. The van der Waals surface area contributed by atoms with Crippen LogP contribution < -0.4 is 10.2 Å². The fourth-order valence-corrected chi connectivity index (χ4v) is 3.69. The summed E-state index contributed by atoms with van der Waals surface area (Å²) in [5.74, 6) is -0.149. The Bertz CT molecular complexity index is 789. The van der Waals surface area contributed by atoms with Crippen LogP contribution >= 0.6 is 22.9 Å². The van der Waals surface area contributed by atoms with Gasteiger partial charge in [-0.15, -0.1) is 17.9 Å². The van der Waals surface area contributed by atoms with Crippen LogP contribution in [0.4, 0.5) is 5.69 Å². The summed E-state index contributed by atoms with van der Waals surface area (Å²) in [6, 6.07) is 11.4. The highest BCUT2D eigenvalue weighted by atomic mass is 35.5. The Balaban J connectivity index is 1.86. The van der Waals surface area contributed by atoms with E-state index in [9.17, 15) is 9.59 Å². The number of rotatable bonds is 9. The van der Waals surface area contributed by atoms with Gasteiger partial charge in [0, 0.05) is 17.1 Å². The summed E-state index contributed by atoms with van der Waals surface area (Å²) in [4.78, 5) is 28.4. The first kappa shape index (κ1) is 21.2. The predicted molar refractivity (Wildman–Crippen MR) is 111 cm³/mol. The largest absolute Gasteiger partial charge is 0.329 e. The first-order chi connectivity index (χ1) is 12.9. The molecule has 1 aromatic heterocycles. The number of carbonyl (C=O) groups is 2. The monoisotopic (exact) mass is 406 g/mol. The second kappa shape index (κ2) is 10.3. The predicted octanol–water partition coefficient (Wildman–Crippen LogP) is 2.38. The zero-order valence-corrected chi connectivity index (χ0v) is 17.2. The standard InChI is InChI=1S/C20H24ClN3O2S/c1-4-11-24(12-17-9-10-18(21)27-17)20(26)14-23(3)13-19(25)22-16-7-5-15(2)6-8-16/h4-10H,1,11-14H2,2-3H3,(H,22,25)/p+1. The van der Waals surface area contributed by atoms with Crippen molar-refractivity contribution in [1.29, 1.82) is 0 Å². The molecule has 1 heterocycles. The van der Waals surface area contributed by atoms with Gasteiger partial charge in [-0.25, -0.2) is 0 Å². The molecule has 0 saturated carbocycles. The van der Waals surface area contributed by atoms with Crippen molar-refractivity contribution >= 4 is 40.4 Å². The molecule has 0 aliphatic rings. The van der Waals surface area contributed by atoms with Gasteiger partial charge in [-0.05, 0) is 31.2 Å². The Morgan fingerprint density at radius 2 is 1.93 bits per heavy atom. The van der Waals surface area contributed by atoms with Crippen LogP contribution in [0, 0.1) is 6.92 Å². The lowest BCUT2D eigenvalue weighted by Gasteiger charge is -2.22. The highest BCUT2D eigenvalue weighted by Gasteiger charge is 2.20. The molecule has 0 aliphatic carbocycles. The quantitative estimate of drug-likeness (QED) is 0.628. The number of hydrogen-bond acceptors (Lipinski definition) is 3. The van der Waals surface area contributed by atoms with E-state index in [1.807, 2.05) is 50.4 Å². The number of nitrogens with zero attached hydrogens (tertiary/aromatic N) is 1. The molecule has 2 N–H and O–H groups in total. The SMILES string of the molecule is C=CCN(Cc1ccc(Cl)s1)C(=O)C[NH+](C)CC(=O)Nc1ccc(C)cc1. The lowest BCUT2D eigenvalue weighted by Crippen LogP contribution is -3.11. The summed E-state index contributed by atoms with van der Waals surface area (Å²) in [5.41, 5.74) is 1.89. The average Bonchev–Trinajstić information content (AvgIpc) is 3.01. The molecular formula is C20H25ClN3O2S+. The number of anilines is 1. The van der Waals surface area contributed by atoms with Crippen LogP contribution in [0.5, 0.6) is 0 Å². The molecule has 1 unspecified atom stereocenters. The normalized spacial score (nSPS) is 11.7. The van der Waals surface area contributed by atoms with Crippen LogP contribution in [-0.2, 0) is 16.1 Å². The number of nitrogens with one attached hydrogen (secondary N) is 2. The zero-order chi connectivity index (χ0) is 19.8. The molecule has 1 atom stereocenters. The minimum atomic E-state index is -0.121. The Morgan fingerprint density at radius 3 is 2.52 bits per heavy atom. The fraction of sp³-hybridized carbons (Fsp3) is 0.300. The molecule has 7 heteroatoms. The van der Waals surface area contributed by atoms with Crippen LogP contribution in [0.3, 0.4) is 0 Å². The second-order valence-electron chi connectivity index (χ2n) is 6.49. The molecular weight excluding hydrogens is 382 g/mol. The van der Waals surface area contributed by atoms with Crippen molar-refractivity contribution in [2.45, 2.75) is 13.5 Å². The smallest absolute Gasteiger partial charge is 0.279 e. The summed E-state index contributed by atoms with van der Waals surface area (Å²) >= 11 is 7.42. The molecule has 0 spiro atoms. The third-order valence-electron chi connectivity index (χ3n) is 3.93. The number of likely N-dealkylation sites (N-methyl/N-ethyl adjacent to an activating group) is 1. The number of aryl methyl sites for hydroxylation is 1. The van der Waals surface area contributed by atoms with Crippen LogP contribution in [-0.4, -0.2) is 43.4 Å². The van der Waals surface area contributed by atoms with Crippen LogP contribution in [0.25, 0.3) is 0 Å². The Morgan fingerprint density at radius 1 is 1.22 bits per heavy atom. The van der Waals surface area contributed by atoms with Crippen molar-refractivity contribution in [2.24, 2.45) is 0 Å². The van der Waals surface area contributed by atoms with Gasteiger partial charge in [-0.2, -0.15) is 0 Å². The van der Waals surface area contributed by atoms with E-state index < -0.39 is 0 Å². The molecule has 2 amide bonds. The topological polar surface area (TPSA) is 53.9 Å². The lowest BCUT2D eigenvalue weighted by atomic mass is 10.2. The van der Waals surface area contributed by atoms with Crippen molar-refractivity contribution < 1.29 is 14.5 Å². The number of hydrogen-bond donors (Lipinski definition) is 2. The van der Waals surface area contributed by atoms with E-state index in [0.717, 1.165) is 21.0 Å². The van der Waals surface area contributed by atoms with E-state index in [2.05, 4.69) is 11.9 Å². The Hall–Kier alpha value is -2.15. The number of benzene rings is 1. The molecule has 2 aromatic rings. The van der Waals surface area contributed by atoms with Crippen molar-refractivity contribution in [2.75, 3.05) is 32.0 Å². The zero-order valence-electron chi connectivity index (χ0n) is 15.6. The molecule has 0 aliphatic heterocycles. The number of halogens is 1. The summed E-state index contributed by atoms with van der Waals surface area (Å²) in [6.45, 7) is 7.11. The third-order valence-corrected chi connectivity index (χ3v) is 5.14. The maximum Gasteiger partial charge on any atom is 0.279 e. The molecule has 0 radical (unpaired) electrons. The fourth-order valence-electron chi connectivity index (χ4n) is 2.58. The molecule has 2 rings (SSSR count). The molecule has 0 fully saturated rings. The van der Waals surface area contributed by atoms with Gasteiger partial charge in [0.05, 0.1) is 17.9 Å². The molecule has 0 saturated heterocycles. The van der Waals surface area contributed by atoms with Crippen molar-refractivity contribution in [3.8, 4) is 0 Å². The third kappa shape index (κ3) is 7.17. The van der Waals surface area contributed by atoms with E-state index in [1.165, 1.54) is 11.3 Å². The summed E-state index contributed by atoms with van der Waals surface area (Å²) in [7, 11) is 1.83. The number of quaternary nitrogens is 1. The van der Waals surface area contributed by atoms with E-state index >= 15 is 0 Å². The van der Waals surface area contributed by atoms with Crippen LogP contribution in [0.2, 0.25) is 4.34 Å². The minimum Gasteiger partial charge on any atom is -0.329 e. The van der Waals surface area contributed by atoms with Gasteiger partial charge in [0.15, 0.2) is 13.1 Å². The second-order valence-corrected chi connectivity index (χ2v) is 8.29. The van der Waals surface area contributed by atoms with Crippen molar-refractivity contribution in [3.05, 3.63) is 63.8 Å². The highest BCUT2D eigenvalue weighted by Crippen LogP contribution is 2.22. The van der Waals surface area contributed by atoms with Gasteiger partial charge >= 0.3 is 0 Å². The van der Waals surface area contributed by atoms with Gasteiger partial charge in [-0.3, -0.25) is 9.59 Å². The van der Waals surface area contributed by atoms with Crippen LogP contribution in [0.1, 0.15) is 10.4 Å². The number of thiophene rings is 1. The highest BCUT2D eigenvalue weighted by molar-refractivity contribution is 7.16. The van der Waals surface area contributed by atoms with Gasteiger partial charge in [-0.1, -0.05) is 35.4 Å². The van der Waals surface area contributed by atoms with E-state index in [0.29, 0.717) is 17.4 Å². The summed E-state index contributed by atoms with van der Waals surface area (Å²) < 4.78 is 0.700. The van der Waals surface area contributed by atoms with E-state index in [-0.39, 0.29) is 24.9 Å². The van der Waals surface area contributed by atoms with Gasteiger partial charge in [0.2, 0.25) is 0 Å². The average molecular weight is 407 g/mol. The van der Waals surface area contributed by atoms with Gasteiger partial charge in [0.25, 0.3) is 11.8 Å². The molecule has 0 bridgehead atoms. The summed E-state index contributed by atoms with van der Waals surface area (Å²) in [6.07, 6.45) is 1.70. The minimum absolute atomic E-state index is 0.0277. The first-order valence-corrected chi connectivity index (χ1v) is 9.87. The molecule has 1 aromatic carbocycles. The molecule has 144 valence electrons. The van der Waals surface area contributed by atoms with Gasteiger partial charge < -0.3 is 15.1 Å². The Kier molecular flexibility index (Phi) is 8.03. The maximum atomic E-state index is 12.6. The van der Waals surface area contributed by atoms with Crippen molar-refractivity contribution in [1.82, 2.24) is 4.90 Å². The van der Waals surface area contributed by atoms with E-state index in [4.69, 9.17) is 11.6 Å². The maximum absolute atomic E-state index is 12.6.